The number of sulfone groups is 1. The van der Waals surface area contributed by atoms with Crippen molar-refractivity contribution in [3.63, 3.8) is 0 Å². The summed E-state index contributed by atoms with van der Waals surface area (Å²) in [7, 11) is -1.96. The van der Waals surface area contributed by atoms with Crippen LogP contribution in [0, 0.1) is 6.92 Å². The zero-order valence-electron chi connectivity index (χ0n) is 14.1. The van der Waals surface area contributed by atoms with Crippen LogP contribution < -0.4 is 14.8 Å². The van der Waals surface area contributed by atoms with Gasteiger partial charge in [-0.3, -0.25) is 4.79 Å². The van der Waals surface area contributed by atoms with Crippen LogP contribution in [-0.2, 0) is 14.6 Å². The molecule has 0 saturated heterocycles. The van der Waals surface area contributed by atoms with E-state index in [0.29, 0.717) is 24.5 Å². The number of carbonyl (C=O) groups excluding carboxylic acids is 1. The third kappa shape index (κ3) is 3.29. The Balaban J connectivity index is 2.35. The first-order valence-electron chi connectivity index (χ1n) is 7.40. The average Bonchev–Trinajstić information content (AvgIpc) is 2.45. The number of carbonyl (C=O) groups is 1. The molecular weight excluding hydrogens is 318 g/mol. The van der Waals surface area contributed by atoms with Gasteiger partial charge < -0.3 is 14.8 Å². The molecule has 23 heavy (non-hydrogen) atoms. The molecule has 1 atom stereocenters. The van der Waals surface area contributed by atoms with Crippen molar-refractivity contribution in [1.82, 2.24) is 5.32 Å². The summed E-state index contributed by atoms with van der Waals surface area (Å²) < 4.78 is 33.2. The van der Waals surface area contributed by atoms with E-state index in [2.05, 4.69) is 5.32 Å². The largest absolute Gasteiger partial charge is 0.493 e. The van der Waals surface area contributed by atoms with Gasteiger partial charge in [-0.15, -0.1) is 0 Å². The number of benzene rings is 1. The van der Waals surface area contributed by atoms with Crippen LogP contribution in [0.25, 0.3) is 0 Å². The second-order valence-electron chi connectivity index (χ2n) is 6.33. The number of ether oxygens (including phenoxy) is 2. The maximum atomic E-state index is 12.5. The molecule has 0 radical (unpaired) electrons. The molecule has 1 aliphatic heterocycles. The highest BCUT2D eigenvalue weighted by Crippen LogP contribution is 2.40. The zero-order valence-corrected chi connectivity index (χ0v) is 14.9. The Morgan fingerprint density at radius 2 is 2.04 bits per heavy atom. The lowest BCUT2D eigenvalue weighted by Crippen LogP contribution is -2.49. The maximum Gasteiger partial charge on any atom is 0.241 e. The van der Waals surface area contributed by atoms with Gasteiger partial charge in [0.2, 0.25) is 5.91 Å². The molecule has 0 spiro atoms. The van der Waals surface area contributed by atoms with Crippen LogP contribution in [0.15, 0.2) is 12.1 Å². The summed E-state index contributed by atoms with van der Waals surface area (Å²) in [6.07, 6.45) is 1.64. The van der Waals surface area contributed by atoms with Gasteiger partial charge in [0.05, 0.1) is 19.8 Å². The lowest BCUT2D eigenvalue weighted by atomic mass is 9.97. The smallest absolute Gasteiger partial charge is 0.241 e. The van der Waals surface area contributed by atoms with Crippen molar-refractivity contribution in [2.45, 2.75) is 38.0 Å². The fourth-order valence-electron chi connectivity index (χ4n) is 2.42. The number of rotatable bonds is 4. The first-order chi connectivity index (χ1) is 10.6. The Bertz CT molecular complexity index is 724. The summed E-state index contributed by atoms with van der Waals surface area (Å²) in [5, 5.41) is 2.85. The second-order valence-corrected chi connectivity index (χ2v) is 8.90. The zero-order chi connectivity index (χ0) is 17.4. The van der Waals surface area contributed by atoms with Crippen molar-refractivity contribution < 1.29 is 22.7 Å². The molecule has 1 aromatic carbocycles. The predicted octanol–water partition coefficient (Wildman–Crippen LogP) is 1.77. The first-order valence-corrected chi connectivity index (χ1v) is 9.29. The third-order valence-electron chi connectivity index (χ3n) is 4.26. The molecule has 7 heteroatoms. The molecule has 0 aliphatic carbocycles. The van der Waals surface area contributed by atoms with E-state index in [-0.39, 0.29) is 6.04 Å². The van der Waals surface area contributed by atoms with E-state index in [0.717, 1.165) is 17.4 Å². The molecule has 1 aromatic rings. The summed E-state index contributed by atoms with van der Waals surface area (Å²) in [5.41, 5.74) is 1.79. The number of hydrogen-bond acceptors (Lipinski definition) is 5. The Morgan fingerprint density at radius 1 is 1.39 bits per heavy atom. The highest BCUT2D eigenvalue weighted by atomic mass is 32.2. The topological polar surface area (TPSA) is 81.7 Å². The lowest BCUT2D eigenvalue weighted by Gasteiger charge is -2.31. The molecule has 128 valence electrons. The van der Waals surface area contributed by atoms with Crippen molar-refractivity contribution in [3.05, 3.63) is 23.3 Å². The summed E-state index contributed by atoms with van der Waals surface area (Å²) in [6, 6.07) is 3.49. The molecular formula is C16H23NO5S. The van der Waals surface area contributed by atoms with Gasteiger partial charge in [-0.05, 0) is 32.4 Å². The Hall–Kier alpha value is -1.76. The number of nitrogens with one attached hydrogen (secondary N) is 1. The maximum absolute atomic E-state index is 12.5. The standard InChI is InChI=1S/C16H23NO5S/c1-10-8-11-12(6-7-22-14(11)13(9-10)21-4)17-15(18)16(2,3)23(5,19)20/h8-9,12H,6-7H2,1-5H3,(H,17,18)/t12-/m0/s1. The quantitative estimate of drug-likeness (QED) is 0.902. The van der Waals surface area contributed by atoms with Gasteiger partial charge in [-0.1, -0.05) is 6.07 Å². The minimum Gasteiger partial charge on any atom is -0.493 e. The molecule has 1 aliphatic rings. The minimum absolute atomic E-state index is 0.305. The van der Waals surface area contributed by atoms with Crippen molar-refractivity contribution in [1.29, 1.82) is 0 Å². The summed E-state index contributed by atoms with van der Waals surface area (Å²) in [4.78, 5) is 12.5. The van der Waals surface area contributed by atoms with Crippen LogP contribution in [0.5, 0.6) is 11.5 Å². The van der Waals surface area contributed by atoms with E-state index >= 15 is 0 Å². The van der Waals surface area contributed by atoms with Crippen LogP contribution >= 0.6 is 0 Å². The molecule has 0 fully saturated rings. The van der Waals surface area contributed by atoms with Crippen LogP contribution in [0.3, 0.4) is 0 Å². The molecule has 0 unspecified atom stereocenters. The van der Waals surface area contributed by atoms with Crippen LogP contribution in [0.4, 0.5) is 0 Å². The fraction of sp³-hybridized carbons (Fsp3) is 0.562. The van der Waals surface area contributed by atoms with Crippen LogP contribution in [0.1, 0.15) is 37.4 Å². The Morgan fingerprint density at radius 3 is 2.61 bits per heavy atom. The van der Waals surface area contributed by atoms with E-state index < -0.39 is 20.5 Å². The number of hydrogen-bond donors (Lipinski definition) is 1. The van der Waals surface area contributed by atoms with E-state index in [1.54, 1.807) is 7.11 Å². The number of methoxy groups -OCH3 is 1. The SMILES string of the molecule is COc1cc(C)cc2c1OCC[C@@H]2NC(=O)C(C)(C)S(C)(=O)=O. The van der Waals surface area contributed by atoms with Gasteiger partial charge in [0.25, 0.3) is 0 Å². The second kappa shape index (κ2) is 6.03. The summed E-state index contributed by atoms with van der Waals surface area (Å²) in [6.45, 7) is 5.18. The highest BCUT2D eigenvalue weighted by Gasteiger charge is 2.40. The molecule has 1 N–H and O–H groups in total. The normalized spacial score (nSPS) is 17.9. The van der Waals surface area contributed by atoms with Crippen molar-refractivity contribution in [2.75, 3.05) is 20.0 Å². The van der Waals surface area contributed by atoms with Gasteiger partial charge in [0.1, 0.15) is 4.75 Å². The third-order valence-corrected chi connectivity index (χ3v) is 6.29. The predicted molar refractivity (Wildman–Crippen MR) is 87.6 cm³/mol. The number of aryl methyl sites for hydroxylation is 1. The van der Waals surface area contributed by atoms with E-state index in [1.165, 1.54) is 13.8 Å². The fourth-order valence-corrected chi connectivity index (χ4v) is 2.81. The molecule has 1 heterocycles. The lowest BCUT2D eigenvalue weighted by molar-refractivity contribution is -0.123. The summed E-state index contributed by atoms with van der Waals surface area (Å²) in [5.74, 6) is 0.700. The van der Waals surface area contributed by atoms with Gasteiger partial charge in [0, 0.05) is 18.2 Å². The Labute approximate surface area is 137 Å². The van der Waals surface area contributed by atoms with Gasteiger partial charge in [-0.2, -0.15) is 0 Å². The molecule has 0 bridgehead atoms. The summed E-state index contributed by atoms with van der Waals surface area (Å²) >= 11 is 0. The van der Waals surface area contributed by atoms with Gasteiger partial charge >= 0.3 is 0 Å². The Kier molecular flexibility index (Phi) is 4.61. The molecule has 2 rings (SSSR count). The van der Waals surface area contributed by atoms with Crippen molar-refractivity contribution >= 4 is 15.7 Å². The monoisotopic (exact) mass is 341 g/mol. The van der Waals surface area contributed by atoms with E-state index in [9.17, 15) is 13.2 Å². The van der Waals surface area contributed by atoms with E-state index in [1.807, 2.05) is 19.1 Å². The van der Waals surface area contributed by atoms with Crippen molar-refractivity contribution in [3.8, 4) is 11.5 Å². The molecule has 0 saturated carbocycles. The molecule has 1 amide bonds. The number of fused-ring (bicyclic) bond motifs is 1. The number of amides is 1. The minimum atomic E-state index is -3.52. The van der Waals surface area contributed by atoms with Gasteiger partial charge in [-0.25, -0.2) is 8.42 Å². The molecule has 0 aromatic heterocycles. The van der Waals surface area contributed by atoms with Crippen LogP contribution in [0.2, 0.25) is 0 Å². The average molecular weight is 341 g/mol. The van der Waals surface area contributed by atoms with E-state index in [4.69, 9.17) is 9.47 Å². The first kappa shape index (κ1) is 17.6. The van der Waals surface area contributed by atoms with Crippen LogP contribution in [-0.4, -0.2) is 39.0 Å². The highest BCUT2D eigenvalue weighted by molar-refractivity contribution is 7.92. The molecule has 6 nitrogen and oxygen atoms in total. The van der Waals surface area contributed by atoms with Crippen molar-refractivity contribution in [2.24, 2.45) is 0 Å². The van der Waals surface area contributed by atoms with Gasteiger partial charge in [0.15, 0.2) is 21.3 Å².